The normalized spacial score (nSPS) is 11.4. The number of unbranched alkanes of at least 4 members (excludes halogenated alkanes) is 5. The van der Waals surface area contributed by atoms with Gasteiger partial charge in [0.25, 0.3) is 0 Å². The molecule has 196 valence electrons. The van der Waals surface area contributed by atoms with Crippen LogP contribution in [-0.4, -0.2) is 31.8 Å². The van der Waals surface area contributed by atoms with Gasteiger partial charge >= 0.3 is 11.9 Å². The van der Waals surface area contributed by atoms with Gasteiger partial charge in [-0.05, 0) is 73.0 Å². The summed E-state index contributed by atoms with van der Waals surface area (Å²) in [5.74, 6) is 0.798. The predicted molar refractivity (Wildman–Crippen MR) is 144 cm³/mol. The monoisotopic (exact) mass is 504 g/mol. The Bertz CT molecular complexity index is 1100. The number of methoxy groups -OCH3 is 1. The van der Waals surface area contributed by atoms with Gasteiger partial charge in [-0.2, -0.15) is 0 Å². The van der Waals surface area contributed by atoms with E-state index in [1.807, 2.05) is 36.4 Å². The highest BCUT2D eigenvalue weighted by molar-refractivity contribution is 5.91. The lowest BCUT2D eigenvalue weighted by atomic mass is 10.0. The van der Waals surface area contributed by atoms with Crippen molar-refractivity contribution >= 4 is 11.9 Å². The number of carbonyl (C=O) groups excluding carboxylic acids is 2. The molecule has 1 atom stereocenters. The van der Waals surface area contributed by atoms with E-state index in [-0.39, 0.29) is 0 Å². The van der Waals surface area contributed by atoms with Gasteiger partial charge in [-0.1, -0.05) is 63.3 Å². The molecule has 3 rings (SSSR count). The fraction of sp³-hybridized carbons (Fsp3) is 0.355. The van der Waals surface area contributed by atoms with Crippen molar-refractivity contribution in [3.05, 3.63) is 78.4 Å². The van der Waals surface area contributed by atoms with Crippen LogP contribution in [0.3, 0.4) is 0 Å². The smallest absolute Gasteiger partial charge is 0.346 e. The van der Waals surface area contributed by atoms with Crippen molar-refractivity contribution in [2.45, 2.75) is 58.5 Å². The zero-order valence-corrected chi connectivity index (χ0v) is 21.9. The summed E-state index contributed by atoms with van der Waals surface area (Å²) in [4.78, 5) is 24.0. The molecule has 0 saturated heterocycles. The molecule has 0 N–H and O–H groups in total. The lowest BCUT2D eigenvalue weighted by Crippen LogP contribution is -2.24. The Balaban J connectivity index is 1.48. The van der Waals surface area contributed by atoms with Gasteiger partial charge in [0.05, 0.1) is 19.3 Å². The second kappa shape index (κ2) is 14.7. The van der Waals surface area contributed by atoms with E-state index in [9.17, 15) is 9.59 Å². The second-order valence-corrected chi connectivity index (χ2v) is 8.86. The van der Waals surface area contributed by atoms with Crippen LogP contribution in [0.25, 0.3) is 11.1 Å². The quantitative estimate of drug-likeness (QED) is 0.131. The van der Waals surface area contributed by atoms with Crippen molar-refractivity contribution in [3.63, 3.8) is 0 Å². The molecule has 0 fully saturated rings. The third-order valence-corrected chi connectivity index (χ3v) is 5.96. The Morgan fingerprint density at radius 1 is 0.703 bits per heavy atom. The highest BCUT2D eigenvalue weighted by Gasteiger charge is 2.15. The molecule has 0 bridgehead atoms. The predicted octanol–water partition coefficient (Wildman–Crippen LogP) is 7.25. The van der Waals surface area contributed by atoms with Gasteiger partial charge in [-0.3, -0.25) is 0 Å². The number of hydrogen-bond donors (Lipinski definition) is 0. The zero-order valence-electron chi connectivity index (χ0n) is 21.9. The summed E-state index contributed by atoms with van der Waals surface area (Å²) < 4.78 is 21.5. The van der Waals surface area contributed by atoms with Crippen molar-refractivity contribution in [2.24, 2.45) is 0 Å². The van der Waals surface area contributed by atoms with E-state index in [0.717, 1.165) is 29.9 Å². The SMILES string of the molecule is CCCCCCCCOc1ccc(-c2ccc(C(=O)Oc3ccc(O[C@H](C)C(=O)OC)cc3)cc2)cc1. The summed E-state index contributed by atoms with van der Waals surface area (Å²) in [7, 11) is 1.31. The van der Waals surface area contributed by atoms with E-state index in [0.29, 0.717) is 17.1 Å². The Hall–Kier alpha value is -3.80. The molecule has 0 aromatic heterocycles. The number of ether oxygens (including phenoxy) is 4. The molecule has 3 aromatic carbocycles. The van der Waals surface area contributed by atoms with Crippen molar-refractivity contribution in [1.29, 1.82) is 0 Å². The maximum absolute atomic E-state index is 12.6. The first-order chi connectivity index (χ1) is 18.0. The fourth-order valence-electron chi connectivity index (χ4n) is 3.79. The average Bonchev–Trinajstić information content (AvgIpc) is 2.93. The third-order valence-electron chi connectivity index (χ3n) is 5.96. The van der Waals surface area contributed by atoms with E-state index in [1.54, 1.807) is 43.3 Å². The summed E-state index contributed by atoms with van der Waals surface area (Å²) in [5, 5.41) is 0. The summed E-state index contributed by atoms with van der Waals surface area (Å²) >= 11 is 0. The van der Waals surface area contributed by atoms with Crippen molar-refractivity contribution in [2.75, 3.05) is 13.7 Å². The van der Waals surface area contributed by atoms with Gasteiger partial charge in [-0.15, -0.1) is 0 Å². The lowest BCUT2D eigenvalue weighted by Gasteiger charge is -2.12. The summed E-state index contributed by atoms with van der Waals surface area (Å²) in [5.41, 5.74) is 2.49. The topological polar surface area (TPSA) is 71.1 Å². The number of hydrogen-bond acceptors (Lipinski definition) is 6. The molecule has 0 aliphatic heterocycles. The molecule has 6 heteroatoms. The average molecular weight is 505 g/mol. The van der Waals surface area contributed by atoms with Crippen LogP contribution in [0.4, 0.5) is 0 Å². The zero-order chi connectivity index (χ0) is 26.5. The Morgan fingerprint density at radius 3 is 1.86 bits per heavy atom. The largest absolute Gasteiger partial charge is 0.494 e. The molecular formula is C31H36O6. The molecule has 37 heavy (non-hydrogen) atoms. The van der Waals surface area contributed by atoms with Gasteiger partial charge < -0.3 is 18.9 Å². The fourth-order valence-corrected chi connectivity index (χ4v) is 3.79. The Labute approximate surface area is 219 Å². The van der Waals surface area contributed by atoms with Gasteiger partial charge in [0.1, 0.15) is 17.2 Å². The first-order valence-corrected chi connectivity index (χ1v) is 12.9. The van der Waals surface area contributed by atoms with Crippen molar-refractivity contribution in [3.8, 4) is 28.4 Å². The lowest BCUT2D eigenvalue weighted by molar-refractivity contribution is -0.147. The first kappa shape index (κ1) is 27.8. The van der Waals surface area contributed by atoms with Gasteiger partial charge in [-0.25, -0.2) is 9.59 Å². The Kier molecular flexibility index (Phi) is 11.0. The standard InChI is InChI=1S/C31H36O6/c1-4-5-6-7-8-9-22-35-27-16-14-25(15-17-27)24-10-12-26(13-11-24)31(33)37-29-20-18-28(19-21-29)36-23(2)30(32)34-3/h10-21,23H,4-9,22H2,1-3H3/t23-/m1/s1. The number of esters is 2. The van der Waals surface area contributed by atoms with Gasteiger partial charge in [0, 0.05) is 0 Å². The number of rotatable bonds is 14. The maximum atomic E-state index is 12.6. The van der Waals surface area contributed by atoms with Crippen LogP contribution >= 0.6 is 0 Å². The van der Waals surface area contributed by atoms with Crippen LogP contribution in [0.5, 0.6) is 17.2 Å². The van der Waals surface area contributed by atoms with Crippen molar-refractivity contribution in [1.82, 2.24) is 0 Å². The van der Waals surface area contributed by atoms with Crippen LogP contribution in [0, 0.1) is 0 Å². The molecule has 0 radical (unpaired) electrons. The van der Waals surface area contributed by atoms with E-state index >= 15 is 0 Å². The highest BCUT2D eigenvalue weighted by Crippen LogP contribution is 2.24. The molecule has 3 aromatic rings. The van der Waals surface area contributed by atoms with E-state index in [1.165, 1.54) is 39.2 Å². The number of carbonyl (C=O) groups is 2. The van der Waals surface area contributed by atoms with Crippen LogP contribution < -0.4 is 14.2 Å². The first-order valence-electron chi connectivity index (χ1n) is 12.9. The van der Waals surface area contributed by atoms with Crippen molar-refractivity contribution < 1.29 is 28.5 Å². The number of benzene rings is 3. The van der Waals surface area contributed by atoms with Crippen LogP contribution in [0.15, 0.2) is 72.8 Å². The molecule has 0 aliphatic carbocycles. The van der Waals surface area contributed by atoms with Crippen LogP contribution in [-0.2, 0) is 9.53 Å². The maximum Gasteiger partial charge on any atom is 0.346 e. The molecular weight excluding hydrogens is 468 g/mol. The minimum Gasteiger partial charge on any atom is -0.494 e. The molecule has 0 saturated carbocycles. The third kappa shape index (κ3) is 8.98. The molecule has 0 heterocycles. The second-order valence-electron chi connectivity index (χ2n) is 8.86. The summed E-state index contributed by atoms with van der Waals surface area (Å²) in [6.45, 7) is 4.57. The minimum absolute atomic E-state index is 0.378. The minimum atomic E-state index is -0.731. The summed E-state index contributed by atoms with van der Waals surface area (Å²) in [6.07, 6.45) is 6.72. The van der Waals surface area contributed by atoms with E-state index in [4.69, 9.17) is 14.2 Å². The highest BCUT2D eigenvalue weighted by atomic mass is 16.6. The van der Waals surface area contributed by atoms with Crippen LogP contribution in [0.1, 0.15) is 62.7 Å². The summed E-state index contributed by atoms with van der Waals surface area (Å²) in [6, 6.07) is 21.8. The van der Waals surface area contributed by atoms with Gasteiger partial charge in [0.15, 0.2) is 6.10 Å². The van der Waals surface area contributed by atoms with E-state index in [2.05, 4.69) is 11.7 Å². The van der Waals surface area contributed by atoms with E-state index < -0.39 is 18.0 Å². The molecule has 0 aliphatic rings. The molecule has 6 nitrogen and oxygen atoms in total. The van der Waals surface area contributed by atoms with Gasteiger partial charge in [0.2, 0.25) is 0 Å². The molecule has 0 spiro atoms. The Morgan fingerprint density at radius 2 is 1.24 bits per heavy atom. The van der Waals surface area contributed by atoms with Crippen LogP contribution in [0.2, 0.25) is 0 Å². The molecule has 0 unspecified atom stereocenters. The molecule has 0 amide bonds.